The van der Waals surface area contributed by atoms with Crippen molar-refractivity contribution in [3.05, 3.63) is 66.0 Å². The maximum absolute atomic E-state index is 13.9. The highest BCUT2D eigenvalue weighted by molar-refractivity contribution is 5.43. The molecule has 0 radical (unpaired) electrons. The summed E-state index contributed by atoms with van der Waals surface area (Å²) in [6.45, 7) is 0.742. The van der Waals surface area contributed by atoms with Crippen LogP contribution in [0.5, 0.6) is 5.75 Å². The Morgan fingerprint density at radius 1 is 0.963 bits per heavy atom. The minimum absolute atomic E-state index is 0.267. The fraction of sp³-hybridized carbons (Fsp3) is 0.300. The van der Waals surface area contributed by atoms with E-state index >= 15 is 0 Å². The monoisotopic (exact) mass is 366 g/mol. The molecule has 0 amide bonds. The zero-order valence-corrected chi connectivity index (χ0v) is 14.9. The average Bonchev–Trinajstić information content (AvgIpc) is 3.51. The molecular formula is C20H19FN4O2. The second-order valence-electron chi connectivity index (χ2n) is 6.39. The van der Waals surface area contributed by atoms with Crippen molar-refractivity contribution in [2.24, 2.45) is 0 Å². The van der Waals surface area contributed by atoms with Gasteiger partial charge >= 0.3 is 0 Å². The van der Waals surface area contributed by atoms with E-state index in [0.29, 0.717) is 36.7 Å². The van der Waals surface area contributed by atoms with E-state index in [2.05, 4.69) is 19.9 Å². The number of ether oxygens (including phenoxy) is 2. The van der Waals surface area contributed by atoms with Gasteiger partial charge < -0.3 is 9.47 Å². The molecule has 1 saturated carbocycles. The zero-order valence-electron chi connectivity index (χ0n) is 14.9. The molecule has 1 aliphatic rings. The van der Waals surface area contributed by atoms with Crippen LogP contribution in [0, 0.1) is 5.82 Å². The smallest absolute Gasteiger partial charge is 0.197 e. The van der Waals surface area contributed by atoms with Crippen LogP contribution in [0.1, 0.15) is 29.4 Å². The summed E-state index contributed by atoms with van der Waals surface area (Å²) >= 11 is 0. The second kappa shape index (κ2) is 7.75. The predicted octanol–water partition coefficient (Wildman–Crippen LogP) is 3.37. The van der Waals surface area contributed by atoms with Crippen LogP contribution in [0.4, 0.5) is 4.39 Å². The lowest BCUT2D eigenvalue weighted by atomic mass is 10.1. The van der Waals surface area contributed by atoms with E-state index in [1.807, 2.05) is 18.5 Å². The molecule has 27 heavy (non-hydrogen) atoms. The Labute approximate surface area is 156 Å². The van der Waals surface area contributed by atoms with E-state index < -0.39 is 0 Å². The summed E-state index contributed by atoms with van der Waals surface area (Å²) in [6.07, 6.45) is 7.95. The van der Waals surface area contributed by atoms with Gasteiger partial charge in [-0.25, -0.2) is 24.3 Å². The highest BCUT2D eigenvalue weighted by Gasteiger charge is 2.40. The maximum Gasteiger partial charge on any atom is 0.197 e. The Bertz CT molecular complexity index is 906. The highest BCUT2D eigenvalue weighted by atomic mass is 19.1. The Hall–Kier alpha value is -2.93. The van der Waals surface area contributed by atoms with Gasteiger partial charge in [-0.05, 0) is 47.6 Å². The molecule has 4 rings (SSSR count). The normalized spacial score (nSPS) is 18.3. The summed E-state index contributed by atoms with van der Waals surface area (Å²) in [4.78, 5) is 17.1. The number of hydrogen-bond donors (Lipinski definition) is 0. The first-order chi connectivity index (χ1) is 13.3. The van der Waals surface area contributed by atoms with Crippen LogP contribution in [0.15, 0.2) is 49.1 Å². The molecule has 7 heteroatoms. The van der Waals surface area contributed by atoms with Gasteiger partial charge in [-0.2, -0.15) is 0 Å². The molecule has 0 bridgehead atoms. The number of rotatable bonds is 7. The number of hydrogen-bond acceptors (Lipinski definition) is 6. The predicted molar refractivity (Wildman–Crippen MR) is 96.9 cm³/mol. The first-order valence-electron chi connectivity index (χ1n) is 8.77. The number of methoxy groups -OCH3 is 1. The van der Waals surface area contributed by atoms with Crippen LogP contribution in [-0.2, 0) is 4.74 Å². The van der Waals surface area contributed by atoms with Gasteiger partial charge in [0.15, 0.2) is 23.2 Å². The number of nitrogens with zero attached hydrogens (tertiary/aromatic N) is 4. The van der Waals surface area contributed by atoms with Crippen molar-refractivity contribution in [1.82, 2.24) is 19.9 Å². The summed E-state index contributed by atoms with van der Waals surface area (Å²) in [5, 5.41) is 0. The molecular weight excluding hydrogens is 347 g/mol. The van der Waals surface area contributed by atoms with Gasteiger partial charge in [-0.15, -0.1) is 0 Å². The fourth-order valence-corrected chi connectivity index (χ4v) is 3.09. The molecule has 138 valence electrons. The van der Waals surface area contributed by atoms with Crippen LogP contribution < -0.4 is 4.74 Å². The average molecular weight is 366 g/mol. The molecule has 0 saturated heterocycles. The molecule has 3 aromatic rings. The molecule has 1 aliphatic carbocycles. The SMILES string of the molecule is COCCOc1cc(C2CC2c2cnc(-c3ncccn3)nc2)ccc1F. The lowest BCUT2D eigenvalue weighted by Gasteiger charge is -2.09. The minimum atomic E-state index is -0.359. The summed E-state index contributed by atoms with van der Waals surface area (Å²) in [5.74, 6) is 1.57. The van der Waals surface area contributed by atoms with Crippen molar-refractivity contribution in [1.29, 1.82) is 0 Å². The van der Waals surface area contributed by atoms with E-state index in [9.17, 15) is 4.39 Å². The number of aromatic nitrogens is 4. The van der Waals surface area contributed by atoms with Gasteiger partial charge in [-0.1, -0.05) is 6.07 Å². The molecule has 2 aromatic heterocycles. The lowest BCUT2D eigenvalue weighted by Crippen LogP contribution is -2.05. The standard InChI is InChI=1S/C20H19FN4O2/c1-26-7-8-27-18-9-13(3-4-17(18)21)15-10-16(15)14-11-24-20(25-12-14)19-22-5-2-6-23-19/h2-6,9,11-12,15-16H,7-8,10H2,1H3. The number of benzene rings is 1. The Balaban J connectivity index is 1.45. The van der Waals surface area contributed by atoms with Gasteiger partial charge in [0.1, 0.15) is 6.61 Å². The van der Waals surface area contributed by atoms with Gasteiger partial charge in [0.05, 0.1) is 6.61 Å². The Morgan fingerprint density at radius 3 is 2.41 bits per heavy atom. The van der Waals surface area contributed by atoms with Crippen LogP contribution >= 0.6 is 0 Å². The van der Waals surface area contributed by atoms with Crippen LogP contribution in [0.2, 0.25) is 0 Å². The van der Waals surface area contributed by atoms with Crippen molar-refractivity contribution >= 4 is 0 Å². The Kier molecular flexibility index (Phi) is 5.02. The van der Waals surface area contributed by atoms with E-state index in [1.165, 1.54) is 6.07 Å². The molecule has 1 aromatic carbocycles. The Morgan fingerprint density at radius 2 is 1.67 bits per heavy atom. The van der Waals surface area contributed by atoms with Gasteiger partial charge in [0.25, 0.3) is 0 Å². The molecule has 0 N–H and O–H groups in total. The van der Waals surface area contributed by atoms with Crippen molar-refractivity contribution in [2.75, 3.05) is 20.3 Å². The molecule has 2 atom stereocenters. The topological polar surface area (TPSA) is 70.0 Å². The second-order valence-corrected chi connectivity index (χ2v) is 6.39. The summed E-state index contributed by atoms with van der Waals surface area (Å²) in [6, 6.07) is 6.81. The van der Waals surface area contributed by atoms with Gasteiger partial charge in [-0.3, -0.25) is 0 Å². The van der Waals surface area contributed by atoms with Gasteiger partial charge in [0, 0.05) is 31.9 Å². The lowest BCUT2D eigenvalue weighted by molar-refractivity contribution is 0.144. The van der Waals surface area contributed by atoms with Crippen molar-refractivity contribution in [3.63, 3.8) is 0 Å². The summed E-state index contributed by atoms with van der Waals surface area (Å²) in [5.41, 5.74) is 2.12. The molecule has 0 aliphatic heterocycles. The largest absolute Gasteiger partial charge is 0.488 e. The highest BCUT2D eigenvalue weighted by Crippen LogP contribution is 2.54. The molecule has 0 spiro atoms. The van der Waals surface area contributed by atoms with E-state index in [4.69, 9.17) is 9.47 Å². The third kappa shape index (κ3) is 3.93. The van der Waals surface area contributed by atoms with Crippen LogP contribution in [0.3, 0.4) is 0 Å². The van der Waals surface area contributed by atoms with E-state index in [0.717, 1.165) is 17.5 Å². The van der Waals surface area contributed by atoms with Crippen molar-refractivity contribution < 1.29 is 13.9 Å². The van der Waals surface area contributed by atoms with Gasteiger partial charge in [0.2, 0.25) is 0 Å². The van der Waals surface area contributed by atoms with Crippen LogP contribution in [-0.4, -0.2) is 40.3 Å². The number of halogens is 1. The molecule has 1 fully saturated rings. The van der Waals surface area contributed by atoms with E-state index in [-0.39, 0.29) is 11.6 Å². The molecule has 2 heterocycles. The molecule has 6 nitrogen and oxygen atoms in total. The first-order valence-corrected chi connectivity index (χ1v) is 8.77. The quantitative estimate of drug-likeness (QED) is 0.597. The maximum atomic E-state index is 13.9. The summed E-state index contributed by atoms with van der Waals surface area (Å²) in [7, 11) is 1.59. The minimum Gasteiger partial charge on any atom is -0.488 e. The third-order valence-electron chi connectivity index (χ3n) is 4.58. The third-order valence-corrected chi connectivity index (χ3v) is 4.58. The van der Waals surface area contributed by atoms with Crippen molar-refractivity contribution in [2.45, 2.75) is 18.3 Å². The molecule has 2 unspecified atom stereocenters. The van der Waals surface area contributed by atoms with Crippen LogP contribution in [0.25, 0.3) is 11.6 Å². The fourth-order valence-electron chi connectivity index (χ4n) is 3.09. The first kappa shape index (κ1) is 17.5. The van der Waals surface area contributed by atoms with E-state index in [1.54, 1.807) is 31.6 Å². The summed E-state index contributed by atoms with van der Waals surface area (Å²) < 4.78 is 24.3. The zero-order chi connectivity index (χ0) is 18.6. The van der Waals surface area contributed by atoms with Crippen molar-refractivity contribution in [3.8, 4) is 17.4 Å².